The van der Waals surface area contributed by atoms with E-state index in [2.05, 4.69) is 28.1 Å². The molecule has 0 aliphatic heterocycles. The maximum Gasteiger partial charge on any atom is 0.191 e. The fourth-order valence-corrected chi connectivity index (χ4v) is 3.05. The monoisotopic (exact) mass is 389 g/mol. The molecule has 0 aromatic heterocycles. The van der Waals surface area contributed by atoms with Gasteiger partial charge in [0, 0.05) is 30.6 Å². The van der Waals surface area contributed by atoms with E-state index in [1.54, 1.807) is 0 Å². The summed E-state index contributed by atoms with van der Waals surface area (Å²) in [6.07, 6.45) is 8.20. The van der Waals surface area contributed by atoms with Gasteiger partial charge in [0.25, 0.3) is 0 Å². The Morgan fingerprint density at radius 2 is 2.12 bits per heavy atom. The van der Waals surface area contributed by atoms with Gasteiger partial charge in [-0.1, -0.05) is 0 Å². The molecule has 0 amide bonds. The van der Waals surface area contributed by atoms with Crippen molar-refractivity contribution in [1.82, 2.24) is 10.6 Å². The first kappa shape index (κ1) is 17.7. The second-order valence-electron chi connectivity index (χ2n) is 4.00. The molecule has 0 bridgehead atoms. The minimum Gasteiger partial charge on any atom is -0.356 e. The molecular weight excluding hydrogens is 365 g/mol. The molecule has 0 saturated heterocycles. The molecule has 17 heavy (non-hydrogen) atoms. The minimum atomic E-state index is 0. The van der Waals surface area contributed by atoms with Crippen molar-refractivity contribution in [3.8, 4) is 0 Å². The Morgan fingerprint density at radius 3 is 2.65 bits per heavy atom. The van der Waals surface area contributed by atoms with Crippen molar-refractivity contribution in [2.24, 2.45) is 4.99 Å². The van der Waals surface area contributed by atoms with Crippen LogP contribution in [0.5, 0.6) is 0 Å². The van der Waals surface area contributed by atoms with Crippen LogP contribution in [0.1, 0.15) is 19.3 Å². The highest BCUT2D eigenvalue weighted by atomic mass is 127. The number of nitrogens with one attached hydrogen (secondary N) is 2. The second-order valence-corrected chi connectivity index (χ2v) is 6.13. The Morgan fingerprint density at radius 1 is 1.35 bits per heavy atom. The number of hydrogen-bond donors (Lipinski definition) is 2. The Balaban J connectivity index is 0.00000256. The standard InChI is InChI=1S/C11H23N3S2.HI/c1-12-11(13-6-7-15-2)14-9-4-5-10(8-9)16-3;/h9-10H,4-8H2,1-3H3,(H2,12,13,14);1H. The van der Waals surface area contributed by atoms with Gasteiger partial charge in [-0.15, -0.1) is 24.0 Å². The lowest BCUT2D eigenvalue weighted by molar-refractivity contribution is 0.617. The summed E-state index contributed by atoms with van der Waals surface area (Å²) >= 11 is 3.84. The molecule has 2 atom stereocenters. The van der Waals surface area contributed by atoms with E-state index in [9.17, 15) is 0 Å². The van der Waals surface area contributed by atoms with Gasteiger partial charge in [-0.25, -0.2) is 0 Å². The molecule has 3 nitrogen and oxygen atoms in total. The molecule has 0 heterocycles. The zero-order chi connectivity index (χ0) is 11.8. The first-order valence-electron chi connectivity index (χ1n) is 5.79. The molecule has 1 saturated carbocycles. The SMILES string of the molecule is CN=C(NCCSC)NC1CCC(SC)C1.I. The highest BCUT2D eigenvalue weighted by Gasteiger charge is 2.24. The molecule has 0 aromatic carbocycles. The van der Waals surface area contributed by atoms with Crippen molar-refractivity contribution < 1.29 is 0 Å². The second kappa shape index (κ2) is 10.6. The lowest BCUT2D eigenvalue weighted by Crippen LogP contribution is -2.43. The molecule has 0 radical (unpaired) electrons. The van der Waals surface area contributed by atoms with Gasteiger partial charge in [0.1, 0.15) is 0 Å². The van der Waals surface area contributed by atoms with E-state index in [1.165, 1.54) is 19.3 Å². The van der Waals surface area contributed by atoms with Gasteiger partial charge in [0.15, 0.2) is 5.96 Å². The van der Waals surface area contributed by atoms with E-state index >= 15 is 0 Å². The zero-order valence-electron chi connectivity index (χ0n) is 10.9. The van der Waals surface area contributed by atoms with Crippen molar-refractivity contribution in [2.45, 2.75) is 30.6 Å². The topological polar surface area (TPSA) is 36.4 Å². The fourth-order valence-electron chi connectivity index (χ4n) is 1.94. The van der Waals surface area contributed by atoms with Crippen LogP contribution >= 0.6 is 47.5 Å². The van der Waals surface area contributed by atoms with Crippen LogP contribution in [-0.4, -0.2) is 49.1 Å². The molecule has 102 valence electrons. The van der Waals surface area contributed by atoms with Crippen LogP contribution < -0.4 is 10.6 Å². The van der Waals surface area contributed by atoms with Crippen LogP contribution in [0.2, 0.25) is 0 Å². The van der Waals surface area contributed by atoms with Gasteiger partial charge in [-0.05, 0) is 31.8 Å². The maximum atomic E-state index is 4.25. The highest BCUT2D eigenvalue weighted by molar-refractivity contribution is 14.0. The van der Waals surface area contributed by atoms with Crippen molar-refractivity contribution in [1.29, 1.82) is 0 Å². The summed E-state index contributed by atoms with van der Waals surface area (Å²) in [4.78, 5) is 4.25. The van der Waals surface area contributed by atoms with Crippen molar-refractivity contribution in [2.75, 3.05) is 31.9 Å². The van der Waals surface area contributed by atoms with E-state index in [4.69, 9.17) is 0 Å². The minimum absolute atomic E-state index is 0. The lowest BCUT2D eigenvalue weighted by Gasteiger charge is -2.17. The van der Waals surface area contributed by atoms with E-state index in [-0.39, 0.29) is 24.0 Å². The van der Waals surface area contributed by atoms with E-state index in [0.717, 1.165) is 23.5 Å². The summed E-state index contributed by atoms with van der Waals surface area (Å²) in [7, 11) is 1.84. The van der Waals surface area contributed by atoms with Crippen molar-refractivity contribution in [3.05, 3.63) is 0 Å². The van der Waals surface area contributed by atoms with Crippen LogP contribution in [0.3, 0.4) is 0 Å². The first-order chi connectivity index (χ1) is 7.80. The van der Waals surface area contributed by atoms with Crippen molar-refractivity contribution in [3.63, 3.8) is 0 Å². The average molecular weight is 389 g/mol. The third-order valence-electron chi connectivity index (χ3n) is 2.88. The van der Waals surface area contributed by atoms with E-state index in [1.807, 2.05) is 30.6 Å². The number of hydrogen-bond acceptors (Lipinski definition) is 3. The smallest absolute Gasteiger partial charge is 0.191 e. The number of nitrogens with zero attached hydrogens (tertiary/aromatic N) is 1. The Hall–Kier alpha value is 0.700. The molecule has 1 aliphatic rings. The molecule has 2 unspecified atom stereocenters. The summed E-state index contributed by atoms with van der Waals surface area (Å²) < 4.78 is 0. The first-order valence-corrected chi connectivity index (χ1v) is 8.47. The van der Waals surface area contributed by atoms with Gasteiger partial charge in [0.2, 0.25) is 0 Å². The predicted octanol–water partition coefficient (Wildman–Crippen LogP) is 2.42. The van der Waals surface area contributed by atoms with Crippen molar-refractivity contribution >= 4 is 53.5 Å². The molecule has 0 aromatic rings. The summed E-state index contributed by atoms with van der Waals surface area (Å²) in [5.41, 5.74) is 0. The Labute approximate surface area is 131 Å². The third kappa shape index (κ3) is 7.00. The largest absolute Gasteiger partial charge is 0.356 e. The quantitative estimate of drug-likeness (QED) is 0.328. The van der Waals surface area contributed by atoms with Gasteiger partial charge in [-0.2, -0.15) is 23.5 Å². The van der Waals surface area contributed by atoms with Gasteiger partial charge >= 0.3 is 0 Å². The molecule has 0 spiro atoms. The molecule has 6 heteroatoms. The molecule has 1 aliphatic carbocycles. The summed E-state index contributed by atoms with van der Waals surface area (Å²) in [5, 5.41) is 7.68. The van der Waals surface area contributed by atoms with Crippen LogP contribution in [-0.2, 0) is 0 Å². The lowest BCUT2D eigenvalue weighted by atomic mass is 10.2. The number of rotatable bonds is 5. The number of guanidine groups is 1. The van der Waals surface area contributed by atoms with E-state index in [0.29, 0.717) is 6.04 Å². The van der Waals surface area contributed by atoms with Gasteiger partial charge in [0.05, 0.1) is 0 Å². The highest BCUT2D eigenvalue weighted by Crippen LogP contribution is 2.27. The molecular formula is C11H24IN3S2. The van der Waals surface area contributed by atoms with Crippen LogP contribution in [0, 0.1) is 0 Å². The fraction of sp³-hybridized carbons (Fsp3) is 0.909. The number of thioether (sulfide) groups is 2. The van der Waals surface area contributed by atoms with Crippen LogP contribution in [0.15, 0.2) is 4.99 Å². The maximum absolute atomic E-state index is 4.25. The van der Waals surface area contributed by atoms with Gasteiger partial charge in [-0.3, -0.25) is 4.99 Å². The normalized spacial score (nSPS) is 24.3. The zero-order valence-corrected chi connectivity index (χ0v) is 14.8. The van der Waals surface area contributed by atoms with E-state index < -0.39 is 0 Å². The molecule has 1 fully saturated rings. The average Bonchev–Trinajstić information content (AvgIpc) is 2.75. The van der Waals surface area contributed by atoms with Gasteiger partial charge < -0.3 is 10.6 Å². The predicted molar refractivity (Wildman–Crippen MR) is 93.2 cm³/mol. The summed E-state index contributed by atoms with van der Waals surface area (Å²) in [6.45, 7) is 0.986. The summed E-state index contributed by atoms with van der Waals surface area (Å²) in [6, 6.07) is 0.609. The summed E-state index contributed by atoms with van der Waals surface area (Å²) in [5.74, 6) is 2.08. The Kier molecular flexibility index (Phi) is 11.0. The van der Waals surface area contributed by atoms with Crippen LogP contribution in [0.25, 0.3) is 0 Å². The third-order valence-corrected chi connectivity index (χ3v) is 4.59. The number of aliphatic imine (C=N–C) groups is 1. The molecule has 1 rings (SSSR count). The van der Waals surface area contributed by atoms with Crippen LogP contribution in [0.4, 0.5) is 0 Å². The Bertz CT molecular complexity index is 227. The molecule has 2 N–H and O–H groups in total. The number of halogens is 1.